The topological polar surface area (TPSA) is 28.0 Å². The minimum Gasteiger partial charge on any atom is -0.261 e. The van der Waals surface area contributed by atoms with Gasteiger partial charge in [-0.25, -0.2) is 0 Å². The second-order valence-electron chi connectivity index (χ2n) is 3.60. The summed E-state index contributed by atoms with van der Waals surface area (Å²) in [6, 6.07) is 0. The molecule has 3 heteroatoms. The van der Waals surface area contributed by atoms with E-state index in [1.807, 2.05) is 13.3 Å². The zero-order valence-corrected chi connectivity index (χ0v) is 8.28. The highest BCUT2D eigenvalue weighted by atomic mass is 15.5. The van der Waals surface area contributed by atoms with Crippen molar-refractivity contribution in [3.8, 4) is 0 Å². The summed E-state index contributed by atoms with van der Waals surface area (Å²) in [5, 5.41) is 5.94. The molecule has 0 aromatic carbocycles. The lowest BCUT2D eigenvalue weighted by Gasteiger charge is -2.30. The Bertz CT molecular complexity index is 194. The largest absolute Gasteiger partial charge is 0.261 e. The van der Waals surface area contributed by atoms with Gasteiger partial charge in [-0.15, -0.1) is 0 Å². The van der Waals surface area contributed by atoms with Crippen LogP contribution in [-0.2, 0) is 0 Å². The van der Waals surface area contributed by atoms with Crippen molar-refractivity contribution in [1.82, 2.24) is 5.01 Å². The van der Waals surface area contributed by atoms with Crippen LogP contribution in [-0.4, -0.2) is 30.1 Å². The summed E-state index contributed by atoms with van der Waals surface area (Å²) in [6.07, 6.45) is 4.84. The van der Waals surface area contributed by atoms with Crippen molar-refractivity contribution in [2.45, 2.75) is 32.7 Å². The van der Waals surface area contributed by atoms with E-state index in [0.29, 0.717) is 5.92 Å². The van der Waals surface area contributed by atoms with Gasteiger partial charge in [0.15, 0.2) is 0 Å². The number of rotatable bonds is 2. The number of aliphatic imine (C=N–C) groups is 1. The first-order valence-electron chi connectivity index (χ1n) is 4.42. The zero-order valence-electron chi connectivity index (χ0n) is 8.28. The maximum Gasteiger partial charge on any atom is 0.107 e. The van der Waals surface area contributed by atoms with Crippen LogP contribution in [0.15, 0.2) is 10.1 Å². The number of hydrogen-bond acceptors (Lipinski definition) is 3. The highest BCUT2D eigenvalue weighted by Gasteiger charge is 2.28. The standard InChI is InChI=1S/C9H17N3/c1-5-8(2)9(3)6-11-12(4)7-10-9/h6-8H,5H2,1-4H3. The summed E-state index contributed by atoms with van der Waals surface area (Å²) in [6.45, 7) is 6.50. The van der Waals surface area contributed by atoms with Crippen LogP contribution < -0.4 is 0 Å². The van der Waals surface area contributed by atoms with Crippen LogP contribution in [0.1, 0.15) is 27.2 Å². The molecule has 0 saturated carbocycles. The van der Waals surface area contributed by atoms with Crippen LogP contribution in [0, 0.1) is 5.92 Å². The zero-order chi connectivity index (χ0) is 9.19. The molecule has 2 unspecified atom stereocenters. The highest BCUT2D eigenvalue weighted by molar-refractivity contribution is 5.76. The third-order valence-corrected chi connectivity index (χ3v) is 2.61. The van der Waals surface area contributed by atoms with Gasteiger partial charge in [0, 0.05) is 7.05 Å². The van der Waals surface area contributed by atoms with Crippen LogP contribution in [0.5, 0.6) is 0 Å². The molecule has 0 fully saturated rings. The summed E-state index contributed by atoms with van der Waals surface area (Å²) < 4.78 is 0. The summed E-state index contributed by atoms with van der Waals surface area (Å²) in [7, 11) is 1.89. The molecule has 0 bridgehead atoms. The lowest BCUT2D eigenvalue weighted by atomic mass is 9.87. The Kier molecular flexibility index (Phi) is 2.50. The first-order valence-corrected chi connectivity index (χ1v) is 4.42. The van der Waals surface area contributed by atoms with Gasteiger partial charge in [-0.1, -0.05) is 20.3 Å². The average molecular weight is 167 g/mol. The van der Waals surface area contributed by atoms with E-state index >= 15 is 0 Å². The Hall–Kier alpha value is -0.860. The number of hydrogen-bond donors (Lipinski definition) is 0. The summed E-state index contributed by atoms with van der Waals surface area (Å²) >= 11 is 0. The Morgan fingerprint density at radius 3 is 2.67 bits per heavy atom. The molecule has 0 spiro atoms. The van der Waals surface area contributed by atoms with Gasteiger partial charge in [-0.05, 0) is 12.8 Å². The second-order valence-corrected chi connectivity index (χ2v) is 3.60. The van der Waals surface area contributed by atoms with Gasteiger partial charge in [0.25, 0.3) is 0 Å². The molecule has 0 saturated heterocycles. The van der Waals surface area contributed by atoms with Crippen LogP contribution in [0.25, 0.3) is 0 Å². The summed E-state index contributed by atoms with van der Waals surface area (Å²) in [5.41, 5.74) is -0.0960. The fourth-order valence-electron chi connectivity index (χ4n) is 1.15. The molecule has 12 heavy (non-hydrogen) atoms. The van der Waals surface area contributed by atoms with E-state index < -0.39 is 0 Å². The van der Waals surface area contributed by atoms with E-state index in [-0.39, 0.29) is 5.54 Å². The van der Waals surface area contributed by atoms with E-state index in [1.54, 1.807) is 11.3 Å². The minimum atomic E-state index is -0.0960. The van der Waals surface area contributed by atoms with E-state index in [4.69, 9.17) is 0 Å². The predicted octanol–water partition coefficient (Wildman–Crippen LogP) is 1.75. The van der Waals surface area contributed by atoms with Gasteiger partial charge in [0.2, 0.25) is 0 Å². The lowest BCUT2D eigenvalue weighted by molar-refractivity contribution is 0.388. The number of hydrazone groups is 1. The van der Waals surface area contributed by atoms with Crippen molar-refractivity contribution in [3.05, 3.63) is 0 Å². The Labute approximate surface area is 74.2 Å². The van der Waals surface area contributed by atoms with Crippen LogP contribution in [0.2, 0.25) is 0 Å². The molecular weight excluding hydrogens is 150 g/mol. The molecule has 68 valence electrons. The molecule has 0 radical (unpaired) electrons. The Balaban J connectivity index is 2.74. The second kappa shape index (κ2) is 3.25. The van der Waals surface area contributed by atoms with Crippen LogP contribution in [0.4, 0.5) is 0 Å². The number of nitrogens with zero attached hydrogens (tertiary/aromatic N) is 3. The smallest absolute Gasteiger partial charge is 0.107 e. The molecule has 1 aliphatic heterocycles. The third kappa shape index (κ3) is 1.65. The molecule has 2 atom stereocenters. The highest BCUT2D eigenvalue weighted by Crippen LogP contribution is 2.23. The fraction of sp³-hybridized carbons (Fsp3) is 0.778. The quantitative estimate of drug-likeness (QED) is 0.615. The van der Waals surface area contributed by atoms with E-state index in [2.05, 4.69) is 30.9 Å². The van der Waals surface area contributed by atoms with Crippen molar-refractivity contribution in [2.24, 2.45) is 16.0 Å². The van der Waals surface area contributed by atoms with Gasteiger partial charge in [-0.3, -0.25) is 10.0 Å². The van der Waals surface area contributed by atoms with Crippen LogP contribution >= 0.6 is 0 Å². The molecule has 0 aromatic rings. The molecule has 1 aliphatic rings. The van der Waals surface area contributed by atoms with Crippen molar-refractivity contribution < 1.29 is 0 Å². The van der Waals surface area contributed by atoms with Gasteiger partial charge < -0.3 is 0 Å². The molecule has 0 amide bonds. The van der Waals surface area contributed by atoms with Gasteiger partial charge in [0.1, 0.15) is 6.34 Å². The average Bonchev–Trinajstić information content (AvgIpc) is 2.09. The van der Waals surface area contributed by atoms with Gasteiger partial charge >= 0.3 is 0 Å². The monoisotopic (exact) mass is 167 g/mol. The normalized spacial score (nSPS) is 30.8. The maximum absolute atomic E-state index is 4.46. The SMILES string of the molecule is CCC(C)C1(C)C=NN(C)C=N1. The molecule has 3 nitrogen and oxygen atoms in total. The summed E-state index contributed by atoms with van der Waals surface area (Å²) in [5.74, 6) is 0.547. The van der Waals surface area contributed by atoms with Crippen molar-refractivity contribution in [3.63, 3.8) is 0 Å². The lowest BCUT2D eigenvalue weighted by Crippen LogP contribution is -2.37. The summed E-state index contributed by atoms with van der Waals surface area (Å²) in [4.78, 5) is 4.46. The van der Waals surface area contributed by atoms with Crippen molar-refractivity contribution in [1.29, 1.82) is 0 Å². The molecular formula is C9H17N3. The Morgan fingerprint density at radius 1 is 1.58 bits per heavy atom. The molecule has 1 heterocycles. The van der Waals surface area contributed by atoms with Gasteiger partial charge in [0.05, 0.1) is 11.8 Å². The fourth-order valence-corrected chi connectivity index (χ4v) is 1.15. The molecule has 0 aromatic heterocycles. The van der Waals surface area contributed by atoms with Crippen molar-refractivity contribution in [2.75, 3.05) is 7.05 Å². The van der Waals surface area contributed by atoms with Crippen LogP contribution in [0.3, 0.4) is 0 Å². The molecule has 1 rings (SSSR count). The first-order chi connectivity index (χ1) is 5.58. The van der Waals surface area contributed by atoms with Gasteiger partial charge in [-0.2, -0.15) is 5.10 Å². The Morgan fingerprint density at radius 2 is 2.25 bits per heavy atom. The third-order valence-electron chi connectivity index (χ3n) is 2.61. The van der Waals surface area contributed by atoms with E-state index in [0.717, 1.165) is 6.42 Å². The predicted molar refractivity (Wildman–Crippen MR) is 52.6 cm³/mol. The minimum absolute atomic E-state index is 0.0960. The van der Waals surface area contributed by atoms with E-state index in [1.165, 1.54) is 0 Å². The maximum atomic E-state index is 4.46. The van der Waals surface area contributed by atoms with E-state index in [9.17, 15) is 0 Å². The van der Waals surface area contributed by atoms with Crippen molar-refractivity contribution >= 4 is 12.6 Å². The first kappa shape index (κ1) is 9.23. The molecule has 0 N–H and O–H groups in total. The molecule has 0 aliphatic carbocycles.